The summed E-state index contributed by atoms with van der Waals surface area (Å²) in [5.74, 6) is 2.39. The van der Waals surface area contributed by atoms with E-state index in [0.717, 1.165) is 29.7 Å². The van der Waals surface area contributed by atoms with Crippen LogP contribution in [-0.4, -0.2) is 40.3 Å². The molecule has 25 heavy (non-hydrogen) atoms. The largest absolute Gasteiger partial charge is 0.492 e. The molecule has 0 radical (unpaired) electrons. The van der Waals surface area contributed by atoms with Crippen molar-refractivity contribution in [2.45, 2.75) is 13.5 Å². The van der Waals surface area contributed by atoms with Gasteiger partial charge in [-0.05, 0) is 31.2 Å². The molecule has 3 aromatic rings. The van der Waals surface area contributed by atoms with Gasteiger partial charge in [0.1, 0.15) is 18.9 Å². The van der Waals surface area contributed by atoms with Crippen LogP contribution in [0.5, 0.6) is 5.75 Å². The number of rotatable bonds is 7. The number of para-hydroxylation sites is 1. The molecule has 0 saturated heterocycles. The maximum atomic E-state index is 5.67. The van der Waals surface area contributed by atoms with Gasteiger partial charge < -0.3 is 15.4 Å². The van der Waals surface area contributed by atoms with Gasteiger partial charge in [-0.25, -0.2) is 4.99 Å². The summed E-state index contributed by atoms with van der Waals surface area (Å²) in [7, 11) is 0. The number of benzene rings is 1. The molecular weight excluding hydrogens is 316 g/mol. The van der Waals surface area contributed by atoms with Crippen molar-refractivity contribution in [3.05, 3.63) is 60.6 Å². The minimum atomic E-state index is 0.444. The molecular formula is C18H22N6O. The Labute approximate surface area is 146 Å². The molecule has 3 rings (SSSR count). The van der Waals surface area contributed by atoms with E-state index in [-0.39, 0.29) is 0 Å². The van der Waals surface area contributed by atoms with Gasteiger partial charge in [0.2, 0.25) is 0 Å². The summed E-state index contributed by atoms with van der Waals surface area (Å²) >= 11 is 0. The monoisotopic (exact) mass is 338 g/mol. The smallest absolute Gasteiger partial charge is 0.191 e. The molecule has 0 unspecified atom stereocenters. The van der Waals surface area contributed by atoms with Crippen molar-refractivity contribution in [1.29, 1.82) is 0 Å². The minimum Gasteiger partial charge on any atom is -0.492 e. The van der Waals surface area contributed by atoms with E-state index in [1.165, 1.54) is 0 Å². The molecule has 0 aliphatic rings. The van der Waals surface area contributed by atoms with Crippen molar-refractivity contribution < 1.29 is 4.74 Å². The summed E-state index contributed by atoms with van der Waals surface area (Å²) in [6, 6.07) is 15.6. The molecule has 0 bridgehead atoms. The lowest BCUT2D eigenvalue weighted by Crippen LogP contribution is -2.39. The second-order valence-electron chi connectivity index (χ2n) is 5.33. The Bertz CT molecular complexity index is 815. The zero-order chi connectivity index (χ0) is 17.3. The summed E-state index contributed by atoms with van der Waals surface area (Å²) in [6.07, 6.45) is 1.94. The van der Waals surface area contributed by atoms with E-state index >= 15 is 0 Å². The SMILES string of the molecule is CCNC(=NCc1nnc2ccccn12)NCCOc1ccccc1. The van der Waals surface area contributed by atoms with Crippen LogP contribution in [0, 0.1) is 0 Å². The summed E-state index contributed by atoms with van der Waals surface area (Å²) in [5.41, 5.74) is 0.821. The Kier molecular flexibility index (Phi) is 5.82. The summed E-state index contributed by atoms with van der Waals surface area (Å²) in [4.78, 5) is 4.57. The Morgan fingerprint density at radius 2 is 1.92 bits per heavy atom. The zero-order valence-electron chi connectivity index (χ0n) is 14.2. The van der Waals surface area contributed by atoms with E-state index in [0.29, 0.717) is 19.7 Å². The fraction of sp³-hybridized carbons (Fsp3) is 0.278. The number of ether oxygens (including phenoxy) is 1. The van der Waals surface area contributed by atoms with Gasteiger partial charge in [-0.2, -0.15) is 0 Å². The lowest BCUT2D eigenvalue weighted by Gasteiger charge is -2.11. The van der Waals surface area contributed by atoms with E-state index in [9.17, 15) is 0 Å². The van der Waals surface area contributed by atoms with Gasteiger partial charge in [-0.15, -0.1) is 10.2 Å². The number of hydrogen-bond acceptors (Lipinski definition) is 4. The number of aliphatic imine (C=N–C) groups is 1. The highest BCUT2D eigenvalue weighted by Gasteiger charge is 2.04. The number of hydrogen-bond donors (Lipinski definition) is 2. The summed E-state index contributed by atoms with van der Waals surface area (Å²) in [5, 5.41) is 14.8. The molecule has 2 aromatic heterocycles. The normalized spacial score (nSPS) is 11.5. The fourth-order valence-electron chi connectivity index (χ4n) is 2.35. The number of aromatic nitrogens is 3. The fourth-order valence-corrected chi connectivity index (χ4v) is 2.35. The van der Waals surface area contributed by atoms with Gasteiger partial charge in [0.25, 0.3) is 0 Å². The quantitative estimate of drug-likeness (QED) is 0.391. The Morgan fingerprint density at radius 3 is 2.76 bits per heavy atom. The maximum Gasteiger partial charge on any atom is 0.191 e. The van der Waals surface area contributed by atoms with Crippen LogP contribution in [0.4, 0.5) is 0 Å². The van der Waals surface area contributed by atoms with Crippen molar-refractivity contribution in [3.63, 3.8) is 0 Å². The minimum absolute atomic E-state index is 0.444. The first-order valence-electron chi connectivity index (χ1n) is 8.35. The molecule has 0 saturated carbocycles. The maximum absolute atomic E-state index is 5.67. The number of pyridine rings is 1. The molecule has 0 aliphatic heterocycles. The molecule has 2 N–H and O–H groups in total. The third kappa shape index (κ3) is 4.69. The summed E-state index contributed by atoms with van der Waals surface area (Å²) in [6.45, 7) is 4.47. The van der Waals surface area contributed by atoms with Crippen LogP contribution < -0.4 is 15.4 Å². The molecule has 0 atom stereocenters. The molecule has 0 spiro atoms. The van der Waals surface area contributed by atoms with E-state index < -0.39 is 0 Å². The molecule has 7 nitrogen and oxygen atoms in total. The first-order chi connectivity index (χ1) is 12.4. The topological polar surface area (TPSA) is 75.8 Å². The van der Waals surface area contributed by atoms with Crippen molar-refractivity contribution in [2.24, 2.45) is 4.99 Å². The molecule has 0 fully saturated rings. The lowest BCUT2D eigenvalue weighted by molar-refractivity contribution is 0.322. The van der Waals surface area contributed by atoms with Crippen LogP contribution in [0.3, 0.4) is 0 Å². The molecule has 1 aromatic carbocycles. The molecule has 2 heterocycles. The second kappa shape index (κ2) is 8.68. The van der Waals surface area contributed by atoms with Gasteiger partial charge in [0.15, 0.2) is 17.4 Å². The van der Waals surface area contributed by atoms with Gasteiger partial charge in [0, 0.05) is 12.7 Å². The third-order valence-corrected chi connectivity index (χ3v) is 3.51. The first-order valence-corrected chi connectivity index (χ1v) is 8.35. The lowest BCUT2D eigenvalue weighted by atomic mass is 10.3. The number of fused-ring (bicyclic) bond motifs is 1. The Hall–Kier alpha value is -3.09. The number of nitrogens with one attached hydrogen (secondary N) is 2. The van der Waals surface area contributed by atoms with Crippen LogP contribution in [0.15, 0.2) is 59.7 Å². The number of guanidine groups is 1. The van der Waals surface area contributed by atoms with Crippen molar-refractivity contribution in [1.82, 2.24) is 25.2 Å². The average Bonchev–Trinajstić information content (AvgIpc) is 3.07. The molecule has 0 amide bonds. The van der Waals surface area contributed by atoms with E-state index in [1.54, 1.807) is 0 Å². The highest BCUT2D eigenvalue weighted by Crippen LogP contribution is 2.07. The van der Waals surface area contributed by atoms with Crippen molar-refractivity contribution in [2.75, 3.05) is 19.7 Å². The highest BCUT2D eigenvalue weighted by atomic mass is 16.5. The van der Waals surface area contributed by atoms with Crippen LogP contribution in [0.2, 0.25) is 0 Å². The standard InChI is InChI=1S/C18H22N6O/c1-2-19-18(20-11-13-25-15-8-4-3-5-9-15)21-14-17-23-22-16-10-6-7-12-24(16)17/h3-10,12H,2,11,13-14H2,1H3,(H2,19,20,21). The predicted molar refractivity (Wildman–Crippen MR) is 97.7 cm³/mol. The predicted octanol–water partition coefficient (Wildman–Crippen LogP) is 1.86. The molecule has 130 valence electrons. The Morgan fingerprint density at radius 1 is 1.08 bits per heavy atom. The first kappa shape index (κ1) is 16.8. The highest BCUT2D eigenvalue weighted by molar-refractivity contribution is 5.79. The van der Waals surface area contributed by atoms with Gasteiger partial charge in [-0.1, -0.05) is 24.3 Å². The third-order valence-electron chi connectivity index (χ3n) is 3.51. The van der Waals surface area contributed by atoms with E-state index in [4.69, 9.17) is 4.74 Å². The second-order valence-corrected chi connectivity index (χ2v) is 5.33. The van der Waals surface area contributed by atoms with E-state index in [2.05, 4.69) is 25.8 Å². The van der Waals surface area contributed by atoms with Gasteiger partial charge in [-0.3, -0.25) is 4.40 Å². The van der Waals surface area contributed by atoms with Crippen molar-refractivity contribution in [3.8, 4) is 5.75 Å². The van der Waals surface area contributed by atoms with Crippen LogP contribution in [-0.2, 0) is 6.54 Å². The molecule has 7 heteroatoms. The van der Waals surface area contributed by atoms with Crippen LogP contribution in [0.25, 0.3) is 5.65 Å². The molecule has 0 aliphatic carbocycles. The Balaban J connectivity index is 1.54. The van der Waals surface area contributed by atoms with Crippen LogP contribution >= 0.6 is 0 Å². The van der Waals surface area contributed by atoms with Gasteiger partial charge in [0.05, 0.1) is 6.54 Å². The van der Waals surface area contributed by atoms with Crippen LogP contribution in [0.1, 0.15) is 12.7 Å². The number of nitrogens with zero attached hydrogens (tertiary/aromatic N) is 4. The van der Waals surface area contributed by atoms with E-state index in [1.807, 2.05) is 66.1 Å². The zero-order valence-corrected chi connectivity index (χ0v) is 14.2. The average molecular weight is 338 g/mol. The van der Waals surface area contributed by atoms with Gasteiger partial charge >= 0.3 is 0 Å². The van der Waals surface area contributed by atoms with Crippen molar-refractivity contribution >= 4 is 11.6 Å². The summed E-state index contributed by atoms with van der Waals surface area (Å²) < 4.78 is 7.61.